The van der Waals surface area contributed by atoms with Crippen LogP contribution in [-0.4, -0.2) is 35.7 Å². The first-order chi connectivity index (χ1) is 10.2. The number of benzene rings is 1. The minimum atomic E-state index is -0.0770. The maximum Gasteiger partial charge on any atom is 0.257 e. The van der Waals surface area contributed by atoms with E-state index in [1.807, 2.05) is 18.2 Å². The Morgan fingerprint density at radius 2 is 2.29 bits per heavy atom. The molecule has 2 aliphatic rings. The van der Waals surface area contributed by atoms with Crippen molar-refractivity contribution in [2.75, 3.05) is 25.6 Å². The van der Waals surface area contributed by atoms with Crippen molar-refractivity contribution in [2.24, 2.45) is 0 Å². The van der Waals surface area contributed by atoms with Crippen LogP contribution in [0.5, 0.6) is 0 Å². The normalized spacial score (nSPS) is 29.4. The highest BCUT2D eigenvalue weighted by Crippen LogP contribution is 2.40. The van der Waals surface area contributed by atoms with E-state index in [-0.39, 0.29) is 5.60 Å². The molecule has 5 nitrogen and oxygen atoms in total. The Bertz CT molecular complexity index is 651. The number of nitrogens with two attached hydrogens (primary N) is 1. The van der Waals surface area contributed by atoms with Crippen molar-refractivity contribution in [1.82, 2.24) is 4.98 Å². The molecule has 112 valence electrons. The summed E-state index contributed by atoms with van der Waals surface area (Å²) in [5, 5.41) is 1.18. The number of anilines is 1. The maximum absolute atomic E-state index is 5.96. The minimum Gasteiger partial charge on any atom is -0.431 e. The maximum atomic E-state index is 5.96. The molecule has 0 saturated carbocycles. The van der Waals surface area contributed by atoms with Crippen LogP contribution >= 0.6 is 11.8 Å². The van der Waals surface area contributed by atoms with Crippen molar-refractivity contribution >= 4 is 28.5 Å². The smallest absolute Gasteiger partial charge is 0.257 e. The van der Waals surface area contributed by atoms with Crippen molar-refractivity contribution in [1.29, 1.82) is 0 Å². The number of nitrogen functional groups attached to an aromatic ring is 1. The van der Waals surface area contributed by atoms with Crippen molar-refractivity contribution < 1.29 is 13.9 Å². The van der Waals surface area contributed by atoms with E-state index in [9.17, 15) is 0 Å². The molecular weight excluding hydrogens is 288 g/mol. The molecule has 2 fully saturated rings. The molecule has 1 aromatic carbocycles. The molecule has 2 unspecified atom stereocenters. The van der Waals surface area contributed by atoms with E-state index in [2.05, 4.69) is 4.98 Å². The number of hydrogen-bond acceptors (Lipinski definition) is 6. The molecule has 0 radical (unpaired) electrons. The molecular formula is C15H18N2O3S. The van der Waals surface area contributed by atoms with Crippen molar-refractivity contribution in [3.63, 3.8) is 0 Å². The van der Waals surface area contributed by atoms with Gasteiger partial charge in [0.05, 0.1) is 12.2 Å². The van der Waals surface area contributed by atoms with Crippen LogP contribution in [0.2, 0.25) is 0 Å². The molecule has 3 heterocycles. The lowest BCUT2D eigenvalue weighted by molar-refractivity contribution is -0.0770. The van der Waals surface area contributed by atoms with Crippen LogP contribution in [0.3, 0.4) is 0 Å². The lowest BCUT2D eigenvalue weighted by Crippen LogP contribution is -2.41. The number of ether oxygens (including phenoxy) is 2. The van der Waals surface area contributed by atoms with Gasteiger partial charge in [-0.15, -0.1) is 0 Å². The Hall–Kier alpha value is -1.24. The fourth-order valence-electron chi connectivity index (χ4n) is 3.06. The third-order valence-electron chi connectivity index (χ3n) is 4.18. The highest BCUT2D eigenvalue weighted by Gasteiger charge is 2.41. The van der Waals surface area contributed by atoms with E-state index in [0.717, 1.165) is 48.8 Å². The van der Waals surface area contributed by atoms with Crippen LogP contribution in [0.4, 0.5) is 5.69 Å². The lowest BCUT2D eigenvalue weighted by atomic mass is 9.93. The predicted octanol–water partition coefficient (Wildman–Crippen LogP) is 2.84. The van der Waals surface area contributed by atoms with Gasteiger partial charge < -0.3 is 19.6 Å². The summed E-state index contributed by atoms with van der Waals surface area (Å²) in [5.41, 5.74) is 8.00. The van der Waals surface area contributed by atoms with Gasteiger partial charge in [-0.3, -0.25) is 0 Å². The van der Waals surface area contributed by atoms with Crippen LogP contribution < -0.4 is 5.73 Å². The van der Waals surface area contributed by atoms with Gasteiger partial charge in [-0.2, -0.15) is 0 Å². The standard InChI is InChI=1S/C15H18N2O3S/c16-10-1-2-12-13(7-10)20-14(17-12)21-11-3-5-19-15(8-11)4-6-18-9-15/h1-2,7,11H,3-6,8-9,16H2. The molecule has 2 saturated heterocycles. The molecule has 1 spiro atoms. The Balaban J connectivity index is 1.51. The number of nitrogens with zero attached hydrogens (tertiary/aromatic N) is 1. The Labute approximate surface area is 127 Å². The van der Waals surface area contributed by atoms with Gasteiger partial charge >= 0.3 is 0 Å². The van der Waals surface area contributed by atoms with Gasteiger partial charge in [-0.05, 0) is 25.0 Å². The van der Waals surface area contributed by atoms with E-state index in [1.54, 1.807) is 11.8 Å². The summed E-state index contributed by atoms with van der Waals surface area (Å²) in [4.78, 5) is 4.53. The van der Waals surface area contributed by atoms with Crippen LogP contribution in [0, 0.1) is 0 Å². The third kappa shape index (κ3) is 2.63. The van der Waals surface area contributed by atoms with E-state index >= 15 is 0 Å². The van der Waals surface area contributed by atoms with E-state index in [4.69, 9.17) is 19.6 Å². The second kappa shape index (κ2) is 5.19. The first kappa shape index (κ1) is 13.4. The number of fused-ring (bicyclic) bond motifs is 1. The SMILES string of the molecule is Nc1ccc2nc(SC3CCOC4(CCOC4)C3)oc2c1. The molecule has 21 heavy (non-hydrogen) atoms. The average molecular weight is 306 g/mol. The quantitative estimate of drug-likeness (QED) is 0.860. The van der Waals surface area contributed by atoms with Gasteiger partial charge in [0.15, 0.2) is 5.58 Å². The third-order valence-corrected chi connectivity index (χ3v) is 5.29. The summed E-state index contributed by atoms with van der Waals surface area (Å²) in [6.45, 7) is 2.31. The second-order valence-electron chi connectivity index (χ2n) is 5.77. The molecule has 6 heteroatoms. The van der Waals surface area contributed by atoms with Crippen molar-refractivity contribution in [3.8, 4) is 0 Å². The number of thioether (sulfide) groups is 1. The molecule has 0 bridgehead atoms. The van der Waals surface area contributed by atoms with Gasteiger partial charge in [0.25, 0.3) is 5.22 Å². The summed E-state index contributed by atoms with van der Waals surface area (Å²) in [6, 6.07) is 5.57. The summed E-state index contributed by atoms with van der Waals surface area (Å²) in [7, 11) is 0. The van der Waals surface area contributed by atoms with Crippen LogP contribution in [0.1, 0.15) is 19.3 Å². The fourth-order valence-corrected chi connectivity index (χ4v) is 4.24. The Kier molecular flexibility index (Phi) is 3.32. The molecule has 2 atom stereocenters. The van der Waals surface area contributed by atoms with E-state index in [1.165, 1.54) is 0 Å². The summed E-state index contributed by atoms with van der Waals surface area (Å²) in [5.74, 6) is 0. The predicted molar refractivity (Wildman–Crippen MR) is 81.4 cm³/mol. The zero-order chi connectivity index (χ0) is 14.3. The largest absolute Gasteiger partial charge is 0.431 e. The van der Waals surface area contributed by atoms with Crippen LogP contribution in [-0.2, 0) is 9.47 Å². The molecule has 2 aliphatic heterocycles. The zero-order valence-corrected chi connectivity index (χ0v) is 12.5. The van der Waals surface area contributed by atoms with Gasteiger partial charge in [-0.1, -0.05) is 11.8 Å². The molecule has 0 amide bonds. The first-order valence-electron chi connectivity index (χ1n) is 7.27. The zero-order valence-electron chi connectivity index (χ0n) is 11.7. The van der Waals surface area contributed by atoms with Gasteiger partial charge in [-0.25, -0.2) is 4.98 Å². The second-order valence-corrected chi connectivity index (χ2v) is 7.03. The number of oxazole rings is 1. The van der Waals surface area contributed by atoms with Gasteiger partial charge in [0, 0.05) is 36.6 Å². The fraction of sp³-hybridized carbons (Fsp3) is 0.533. The Morgan fingerprint density at radius 3 is 3.14 bits per heavy atom. The topological polar surface area (TPSA) is 70.5 Å². The van der Waals surface area contributed by atoms with Gasteiger partial charge in [0.1, 0.15) is 5.52 Å². The highest BCUT2D eigenvalue weighted by molar-refractivity contribution is 7.99. The lowest BCUT2D eigenvalue weighted by Gasteiger charge is -2.36. The van der Waals surface area contributed by atoms with Crippen molar-refractivity contribution in [3.05, 3.63) is 18.2 Å². The summed E-state index contributed by atoms with van der Waals surface area (Å²) in [6.07, 6.45) is 3.01. The number of rotatable bonds is 2. The molecule has 2 N–H and O–H groups in total. The molecule has 4 rings (SSSR count). The number of aromatic nitrogens is 1. The average Bonchev–Trinajstić information content (AvgIpc) is 3.05. The monoisotopic (exact) mass is 306 g/mol. The Morgan fingerprint density at radius 1 is 1.33 bits per heavy atom. The molecule has 2 aromatic rings. The summed E-state index contributed by atoms with van der Waals surface area (Å²) >= 11 is 1.70. The molecule has 0 aliphatic carbocycles. The highest BCUT2D eigenvalue weighted by atomic mass is 32.2. The van der Waals surface area contributed by atoms with E-state index < -0.39 is 0 Å². The van der Waals surface area contributed by atoms with Crippen molar-refractivity contribution in [2.45, 2.75) is 35.3 Å². The minimum absolute atomic E-state index is 0.0770. The van der Waals surface area contributed by atoms with Crippen LogP contribution in [0.25, 0.3) is 11.1 Å². The first-order valence-corrected chi connectivity index (χ1v) is 8.15. The van der Waals surface area contributed by atoms with Gasteiger partial charge in [0.2, 0.25) is 0 Å². The number of hydrogen-bond donors (Lipinski definition) is 1. The molecule has 1 aromatic heterocycles. The van der Waals surface area contributed by atoms with Crippen LogP contribution in [0.15, 0.2) is 27.8 Å². The van der Waals surface area contributed by atoms with E-state index in [0.29, 0.717) is 17.5 Å². The summed E-state index contributed by atoms with van der Waals surface area (Å²) < 4.78 is 17.3.